The summed E-state index contributed by atoms with van der Waals surface area (Å²) in [6.45, 7) is 3.51. The zero-order valence-corrected chi connectivity index (χ0v) is 20.2. The highest BCUT2D eigenvalue weighted by Gasteiger charge is 2.16. The molecule has 2 aromatic heterocycles. The first-order chi connectivity index (χ1) is 15.6. The molecule has 3 heterocycles. The van der Waals surface area contributed by atoms with Gasteiger partial charge >= 0.3 is 0 Å². The minimum atomic E-state index is -0.431. The van der Waals surface area contributed by atoms with E-state index in [-0.39, 0.29) is 23.8 Å². The second kappa shape index (κ2) is 12.1. The van der Waals surface area contributed by atoms with Gasteiger partial charge in [0.1, 0.15) is 10.6 Å². The molecule has 178 valence electrons. The maximum absolute atomic E-state index is 12.7. The van der Waals surface area contributed by atoms with Gasteiger partial charge in [-0.05, 0) is 61.3 Å². The number of fused-ring (bicyclic) bond motifs is 1. The lowest BCUT2D eigenvalue weighted by Gasteiger charge is -2.22. The van der Waals surface area contributed by atoms with Gasteiger partial charge in [0.25, 0.3) is 11.5 Å². The van der Waals surface area contributed by atoms with Crippen LogP contribution in [0.5, 0.6) is 5.75 Å². The molecule has 8 nitrogen and oxygen atoms in total. The number of nitrogens with one attached hydrogen (secondary N) is 3. The van der Waals surface area contributed by atoms with Gasteiger partial charge in [-0.2, -0.15) is 0 Å². The van der Waals surface area contributed by atoms with Crippen LogP contribution in [0.3, 0.4) is 0 Å². The zero-order chi connectivity index (χ0) is 22.3. The van der Waals surface area contributed by atoms with E-state index in [1.165, 1.54) is 24.2 Å². The average Bonchev–Trinajstić information content (AvgIpc) is 3.24. The molecule has 3 N–H and O–H groups in total. The molecule has 1 saturated heterocycles. The lowest BCUT2D eigenvalue weighted by atomic mass is 9.95. The Morgan fingerprint density at radius 1 is 1.30 bits per heavy atom. The number of thiophene rings is 1. The van der Waals surface area contributed by atoms with Crippen LogP contribution in [-0.4, -0.2) is 42.7 Å². The van der Waals surface area contributed by atoms with Crippen LogP contribution >= 0.6 is 23.7 Å². The van der Waals surface area contributed by atoms with Gasteiger partial charge in [-0.3, -0.25) is 9.59 Å². The Balaban J connectivity index is 0.00000306. The fourth-order valence-electron chi connectivity index (χ4n) is 3.87. The number of methoxy groups -OCH3 is 1. The summed E-state index contributed by atoms with van der Waals surface area (Å²) in [5.74, 6) is 0.998. The number of carbonyl (C=O) groups excluding carboxylic acids is 1. The fourth-order valence-corrected chi connectivity index (χ4v) is 4.80. The number of benzene rings is 1. The Bertz CT molecular complexity index is 1130. The number of hydrogen-bond acceptors (Lipinski definition) is 7. The fraction of sp³-hybridized carbons (Fsp3) is 0.435. The summed E-state index contributed by atoms with van der Waals surface area (Å²) in [6, 6.07) is 7.42. The lowest BCUT2D eigenvalue weighted by Crippen LogP contribution is -2.28. The summed E-state index contributed by atoms with van der Waals surface area (Å²) in [5.41, 5.74) is 1.38. The van der Waals surface area contributed by atoms with E-state index in [2.05, 4.69) is 20.6 Å². The van der Waals surface area contributed by atoms with Crippen LogP contribution < -0.4 is 20.9 Å². The minimum absolute atomic E-state index is 0. The van der Waals surface area contributed by atoms with Crippen LogP contribution in [0.15, 0.2) is 34.4 Å². The standard InChI is InChI=1S/C23H28N4O4S.ClH/c1-30-18-4-2-3-16(11-18)12-25-22(29)20-26-21(28)19-17(14-32-23(19)27-20)13-31-10-7-15-5-8-24-9-6-15;/h2-4,11,14-15,24H,5-10,12-13H2,1H3,(H,25,29)(H,26,27,28);1H. The van der Waals surface area contributed by atoms with E-state index in [9.17, 15) is 9.59 Å². The zero-order valence-electron chi connectivity index (χ0n) is 18.5. The highest BCUT2D eigenvalue weighted by Crippen LogP contribution is 2.22. The van der Waals surface area contributed by atoms with E-state index in [1.807, 2.05) is 29.6 Å². The van der Waals surface area contributed by atoms with Crippen molar-refractivity contribution in [3.8, 4) is 5.75 Å². The summed E-state index contributed by atoms with van der Waals surface area (Å²) in [4.78, 5) is 32.7. The Labute approximate surface area is 202 Å². The van der Waals surface area contributed by atoms with Gasteiger partial charge in [-0.25, -0.2) is 4.98 Å². The van der Waals surface area contributed by atoms with E-state index in [0.29, 0.717) is 41.6 Å². The normalized spacial score (nSPS) is 14.1. The number of amides is 1. The van der Waals surface area contributed by atoms with Crippen LogP contribution in [0.4, 0.5) is 0 Å². The molecule has 3 aromatic rings. The summed E-state index contributed by atoms with van der Waals surface area (Å²) < 4.78 is 11.0. The first-order valence-electron chi connectivity index (χ1n) is 10.8. The third kappa shape index (κ3) is 6.54. The molecule has 0 bridgehead atoms. The molecule has 33 heavy (non-hydrogen) atoms. The number of halogens is 1. The van der Waals surface area contributed by atoms with Crippen molar-refractivity contribution in [2.75, 3.05) is 26.8 Å². The molecule has 0 saturated carbocycles. The Morgan fingerprint density at radius 3 is 2.91 bits per heavy atom. The van der Waals surface area contributed by atoms with Crippen molar-refractivity contribution in [2.24, 2.45) is 5.92 Å². The van der Waals surface area contributed by atoms with Crippen molar-refractivity contribution in [3.05, 3.63) is 57.0 Å². The number of H-pyrrole nitrogens is 1. The number of nitrogens with zero attached hydrogens (tertiary/aromatic N) is 1. The highest BCUT2D eigenvalue weighted by atomic mass is 35.5. The molecule has 1 aliphatic rings. The van der Waals surface area contributed by atoms with Gasteiger partial charge in [0, 0.05) is 18.7 Å². The lowest BCUT2D eigenvalue weighted by molar-refractivity contribution is 0.0940. The molecule has 1 aliphatic heterocycles. The van der Waals surface area contributed by atoms with Crippen LogP contribution in [0.2, 0.25) is 0 Å². The van der Waals surface area contributed by atoms with Gasteiger partial charge < -0.3 is 25.1 Å². The molecule has 1 aromatic carbocycles. The summed E-state index contributed by atoms with van der Waals surface area (Å²) in [6.07, 6.45) is 3.42. The van der Waals surface area contributed by atoms with Crippen molar-refractivity contribution in [1.29, 1.82) is 0 Å². The van der Waals surface area contributed by atoms with Crippen LogP contribution in [-0.2, 0) is 17.9 Å². The number of ether oxygens (including phenoxy) is 2. The summed E-state index contributed by atoms with van der Waals surface area (Å²) >= 11 is 1.35. The summed E-state index contributed by atoms with van der Waals surface area (Å²) in [5, 5.41) is 8.54. The molecule has 1 amide bonds. The second-order valence-electron chi connectivity index (χ2n) is 7.92. The van der Waals surface area contributed by atoms with Gasteiger partial charge in [-0.15, -0.1) is 23.7 Å². The van der Waals surface area contributed by atoms with Crippen molar-refractivity contribution in [1.82, 2.24) is 20.6 Å². The first-order valence-corrected chi connectivity index (χ1v) is 11.7. The maximum Gasteiger partial charge on any atom is 0.287 e. The predicted octanol–water partition coefficient (Wildman–Crippen LogP) is 3.25. The molecule has 0 unspecified atom stereocenters. The van der Waals surface area contributed by atoms with Gasteiger partial charge in [0.15, 0.2) is 0 Å². The predicted molar refractivity (Wildman–Crippen MR) is 132 cm³/mol. The second-order valence-corrected chi connectivity index (χ2v) is 8.78. The van der Waals surface area contributed by atoms with E-state index < -0.39 is 5.91 Å². The van der Waals surface area contributed by atoms with Crippen molar-refractivity contribution in [3.63, 3.8) is 0 Å². The number of piperidine rings is 1. The van der Waals surface area contributed by atoms with Crippen LogP contribution in [0, 0.1) is 5.92 Å². The van der Waals surface area contributed by atoms with E-state index in [1.54, 1.807) is 7.11 Å². The number of rotatable bonds is 9. The first kappa shape index (κ1) is 25.2. The highest BCUT2D eigenvalue weighted by molar-refractivity contribution is 7.16. The molecule has 4 rings (SSSR count). The van der Waals surface area contributed by atoms with Crippen molar-refractivity contribution in [2.45, 2.75) is 32.4 Å². The molecule has 0 atom stereocenters. The number of aromatic amines is 1. The Kier molecular flexibility index (Phi) is 9.25. The van der Waals surface area contributed by atoms with Crippen molar-refractivity contribution >= 4 is 39.9 Å². The minimum Gasteiger partial charge on any atom is -0.497 e. The third-order valence-corrected chi connectivity index (χ3v) is 6.63. The molecule has 1 fully saturated rings. The number of carbonyl (C=O) groups is 1. The number of hydrogen-bond donors (Lipinski definition) is 3. The maximum atomic E-state index is 12.7. The molecule has 0 radical (unpaired) electrons. The molecule has 0 spiro atoms. The summed E-state index contributed by atoms with van der Waals surface area (Å²) in [7, 11) is 1.59. The van der Waals surface area contributed by atoms with Gasteiger partial charge in [-0.1, -0.05) is 12.1 Å². The molecule has 0 aliphatic carbocycles. The molecular formula is C23H29ClN4O4S. The SMILES string of the molecule is COc1cccc(CNC(=O)c2nc3scc(COCCC4CCNCC4)c3c(=O)[nH]2)c1.Cl. The smallest absolute Gasteiger partial charge is 0.287 e. The average molecular weight is 493 g/mol. The quantitative estimate of drug-likeness (QED) is 0.396. The van der Waals surface area contributed by atoms with Crippen LogP contribution in [0.1, 0.15) is 41.0 Å². The van der Waals surface area contributed by atoms with E-state index >= 15 is 0 Å². The van der Waals surface area contributed by atoms with Crippen molar-refractivity contribution < 1.29 is 14.3 Å². The molecular weight excluding hydrogens is 464 g/mol. The van der Waals surface area contributed by atoms with E-state index in [4.69, 9.17) is 9.47 Å². The van der Waals surface area contributed by atoms with E-state index in [0.717, 1.165) is 30.6 Å². The monoisotopic (exact) mass is 492 g/mol. The molecule has 10 heteroatoms. The largest absolute Gasteiger partial charge is 0.497 e. The number of aromatic nitrogens is 2. The topological polar surface area (TPSA) is 105 Å². The third-order valence-electron chi connectivity index (χ3n) is 5.71. The van der Waals surface area contributed by atoms with Crippen LogP contribution in [0.25, 0.3) is 10.2 Å². The Hall–Kier alpha value is -2.46. The Morgan fingerprint density at radius 2 is 2.12 bits per heavy atom. The van der Waals surface area contributed by atoms with Gasteiger partial charge in [0.05, 0.1) is 19.1 Å². The van der Waals surface area contributed by atoms with Gasteiger partial charge in [0.2, 0.25) is 5.82 Å².